The number of nitrogens with zero attached hydrogens (tertiary/aromatic N) is 3. The third kappa shape index (κ3) is 6.44. The molecule has 0 fully saturated rings. The molecule has 1 rings (SSSR count). The van der Waals surface area contributed by atoms with E-state index in [0.29, 0.717) is 36.7 Å². The smallest absolute Gasteiger partial charge is 0.226 e. The van der Waals surface area contributed by atoms with Crippen LogP contribution in [0.15, 0.2) is 9.52 Å². The third-order valence-electron chi connectivity index (χ3n) is 1.87. The van der Waals surface area contributed by atoms with Crippen LogP contribution in [0.5, 0.6) is 0 Å². The first-order valence-electron chi connectivity index (χ1n) is 5.49. The van der Waals surface area contributed by atoms with Crippen molar-refractivity contribution in [2.24, 2.45) is 10.7 Å². The van der Waals surface area contributed by atoms with Crippen LogP contribution in [0.2, 0.25) is 0 Å². The SMILES string of the molecule is CCc1nc(CCN=C(N)NC(C)C)no1.I. The lowest BCUT2D eigenvalue weighted by molar-refractivity contribution is 0.376. The van der Waals surface area contributed by atoms with E-state index in [4.69, 9.17) is 10.3 Å². The Morgan fingerprint density at radius 3 is 2.76 bits per heavy atom. The van der Waals surface area contributed by atoms with Crippen molar-refractivity contribution in [2.45, 2.75) is 39.7 Å². The van der Waals surface area contributed by atoms with Crippen molar-refractivity contribution in [1.82, 2.24) is 15.5 Å². The number of hydrogen-bond donors (Lipinski definition) is 2. The van der Waals surface area contributed by atoms with Gasteiger partial charge in [0.15, 0.2) is 11.8 Å². The van der Waals surface area contributed by atoms with E-state index in [0.717, 1.165) is 6.42 Å². The molecule has 17 heavy (non-hydrogen) atoms. The summed E-state index contributed by atoms with van der Waals surface area (Å²) in [5.74, 6) is 1.79. The van der Waals surface area contributed by atoms with Crippen LogP contribution in [0.1, 0.15) is 32.5 Å². The van der Waals surface area contributed by atoms with Gasteiger partial charge in [0.2, 0.25) is 5.89 Å². The normalized spacial score (nSPS) is 11.4. The molecule has 1 aromatic rings. The number of halogens is 1. The van der Waals surface area contributed by atoms with Crippen LogP contribution < -0.4 is 11.1 Å². The number of nitrogens with one attached hydrogen (secondary N) is 1. The molecule has 3 N–H and O–H groups in total. The molecule has 0 aliphatic rings. The molecular weight excluding hydrogens is 333 g/mol. The maximum Gasteiger partial charge on any atom is 0.226 e. The van der Waals surface area contributed by atoms with Crippen molar-refractivity contribution < 1.29 is 4.52 Å². The van der Waals surface area contributed by atoms with E-state index in [-0.39, 0.29) is 24.0 Å². The fourth-order valence-electron chi connectivity index (χ4n) is 1.15. The molecule has 0 aromatic carbocycles. The van der Waals surface area contributed by atoms with Gasteiger partial charge >= 0.3 is 0 Å². The van der Waals surface area contributed by atoms with Gasteiger partial charge in [0, 0.05) is 25.4 Å². The molecule has 0 radical (unpaired) electrons. The average Bonchev–Trinajstić information content (AvgIpc) is 2.64. The monoisotopic (exact) mass is 353 g/mol. The average molecular weight is 353 g/mol. The van der Waals surface area contributed by atoms with Crippen LogP contribution in [0.4, 0.5) is 0 Å². The molecule has 0 spiro atoms. The second kappa shape index (κ2) is 8.26. The summed E-state index contributed by atoms with van der Waals surface area (Å²) in [6, 6.07) is 0.292. The van der Waals surface area contributed by atoms with Gasteiger partial charge in [-0.1, -0.05) is 12.1 Å². The maximum atomic E-state index is 5.64. The number of hydrogen-bond acceptors (Lipinski definition) is 4. The highest BCUT2D eigenvalue weighted by Gasteiger charge is 2.03. The largest absolute Gasteiger partial charge is 0.370 e. The minimum absolute atomic E-state index is 0. The lowest BCUT2D eigenvalue weighted by atomic mass is 10.4. The summed E-state index contributed by atoms with van der Waals surface area (Å²) in [6.07, 6.45) is 1.40. The van der Waals surface area contributed by atoms with E-state index in [1.165, 1.54) is 0 Å². The van der Waals surface area contributed by atoms with Crippen molar-refractivity contribution in [3.8, 4) is 0 Å². The molecule has 0 aliphatic heterocycles. The first kappa shape index (κ1) is 16.1. The Morgan fingerprint density at radius 1 is 1.53 bits per heavy atom. The fourth-order valence-corrected chi connectivity index (χ4v) is 1.15. The second-order valence-electron chi connectivity index (χ2n) is 3.77. The van der Waals surface area contributed by atoms with E-state index in [1.807, 2.05) is 20.8 Å². The third-order valence-corrected chi connectivity index (χ3v) is 1.87. The van der Waals surface area contributed by atoms with Crippen LogP contribution in [0.25, 0.3) is 0 Å². The summed E-state index contributed by atoms with van der Waals surface area (Å²) in [6.45, 7) is 6.55. The van der Waals surface area contributed by atoms with E-state index in [2.05, 4.69) is 20.4 Å². The molecular formula is C10H20IN5O. The Bertz CT molecular complexity index is 350. The number of aliphatic imine (C=N–C) groups is 1. The van der Waals surface area contributed by atoms with E-state index >= 15 is 0 Å². The summed E-state index contributed by atoms with van der Waals surface area (Å²) in [5.41, 5.74) is 5.64. The highest BCUT2D eigenvalue weighted by Crippen LogP contribution is 1.98. The minimum atomic E-state index is 0. The first-order chi connectivity index (χ1) is 7.61. The zero-order valence-corrected chi connectivity index (χ0v) is 12.8. The van der Waals surface area contributed by atoms with Crippen molar-refractivity contribution >= 4 is 29.9 Å². The molecule has 98 valence electrons. The lowest BCUT2D eigenvalue weighted by Crippen LogP contribution is -2.36. The van der Waals surface area contributed by atoms with Gasteiger partial charge in [-0.2, -0.15) is 4.98 Å². The van der Waals surface area contributed by atoms with Crippen LogP contribution in [0.3, 0.4) is 0 Å². The first-order valence-corrected chi connectivity index (χ1v) is 5.49. The van der Waals surface area contributed by atoms with Crippen molar-refractivity contribution in [2.75, 3.05) is 6.54 Å². The highest BCUT2D eigenvalue weighted by molar-refractivity contribution is 14.0. The van der Waals surface area contributed by atoms with E-state index in [9.17, 15) is 0 Å². The highest BCUT2D eigenvalue weighted by atomic mass is 127. The molecule has 1 aromatic heterocycles. The number of rotatable bonds is 5. The van der Waals surface area contributed by atoms with Gasteiger partial charge in [-0.25, -0.2) is 0 Å². The van der Waals surface area contributed by atoms with Crippen molar-refractivity contribution in [3.63, 3.8) is 0 Å². The predicted molar refractivity (Wildman–Crippen MR) is 77.6 cm³/mol. The zero-order chi connectivity index (χ0) is 12.0. The quantitative estimate of drug-likeness (QED) is 0.470. The van der Waals surface area contributed by atoms with Gasteiger partial charge in [-0.05, 0) is 13.8 Å². The van der Waals surface area contributed by atoms with Gasteiger partial charge in [-0.3, -0.25) is 4.99 Å². The van der Waals surface area contributed by atoms with Gasteiger partial charge in [0.1, 0.15) is 0 Å². The minimum Gasteiger partial charge on any atom is -0.370 e. The molecule has 0 aliphatic carbocycles. The van der Waals surface area contributed by atoms with Gasteiger partial charge in [-0.15, -0.1) is 24.0 Å². The Balaban J connectivity index is 0.00000256. The maximum absolute atomic E-state index is 5.64. The molecule has 6 nitrogen and oxygen atoms in total. The summed E-state index contributed by atoms with van der Waals surface area (Å²) in [4.78, 5) is 8.33. The summed E-state index contributed by atoms with van der Waals surface area (Å²) < 4.78 is 4.98. The number of guanidine groups is 1. The van der Waals surface area contributed by atoms with Gasteiger partial charge in [0.25, 0.3) is 0 Å². The molecule has 1 heterocycles. The van der Waals surface area contributed by atoms with E-state index < -0.39 is 0 Å². The Hall–Kier alpha value is -0.860. The summed E-state index contributed by atoms with van der Waals surface area (Å²) >= 11 is 0. The molecule has 0 unspecified atom stereocenters. The Morgan fingerprint density at radius 2 is 2.24 bits per heavy atom. The van der Waals surface area contributed by atoms with Crippen LogP contribution in [0, 0.1) is 0 Å². The standard InChI is InChI=1S/C10H19N5O.HI/c1-4-9-14-8(15-16-9)5-6-12-10(11)13-7(2)3;/h7H,4-6H2,1-3H3,(H3,11,12,13);1H. The lowest BCUT2D eigenvalue weighted by Gasteiger charge is -2.07. The second-order valence-corrected chi connectivity index (χ2v) is 3.77. The molecule has 0 saturated heterocycles. The molecule has 0 atom stereocenters. The van der Waals surface area contributed by atoms with Crippen LogP contribution >= 0.6 is 24.0 Å². The fraction of sp³-hybridized carbons (Fsp3) is 0.700. The molecule has 7 heteroatoms. The number of nitrogens with two attached hydrogens (primary N) is 1. The van der Waals surface area contributed by atoms with Crippen molar-refractivity contribution in [3.05, 3.63) is 11.7 Å². The topological polar surface area (TPSA) is 89.3 Å². The van der Waals surface area contributed by atoms with Gasteiger partial charge in [0.05, 0.1) is 0 Å². The number of aromatic nitrogens is 2. The predicted octanol–water partition coefficient (Wildman–Crippen LogP) is 1.11. The van der Waals surface area contributed by atoms with Crippen LogP contribution in [-0.2, 0) is 12.8 Å². The van der Waals surface area contributed by atoms with Crippen LogP contribution in [-0.4, -0.2) is 28.7 Å². The zero-order valence-electron chi connectivity index (χ0n) is 10.4. The Labute approximate surface area is 118 Å². The van der Waals surface area contributed by atoms with Crippen molar-refractivity contribution in [1.29, 1.82) is 0 Å². The Kier molecular flexibility index (Phi) is 7.85. The summed E-state index contributed by atoms with van der Waals surface area (Å²) in [5, 5.41) is 6.84. The molecule has 0 bridgehead atoms. The van der Waals surface area contributed by atoms with E-state index in [1.54, 1.807) is 0 Å². The van der Waals surface area contributed by atoms with Gasteiger partial charge < -0.3 is 15.6 Å². The summed E-state index contributed by atoms with van der Waals surface area (Å²) in [7, 11) is 0. The molecule has 0 amide bonds. The number of aryl methyl sites for hydroxylation is 1. The molecule has 0 saturated carbocycles.